The van der Waals surface area contributed by atoms with E-state index in [2.05, 4.69) is 26.3 Å². The smallest absolute Gasteiger partial charge is 0.322 e. The molecule has 1 heterocycles. The van der Waals surface area contributed by atoms with E-state index in [9.17, 15) is 14.4 Å². The summed E-state index contributed by atoms with van der Waals surface area (Å²) in [5.74, 6) is -0.959. The first-order valence-electron chi connectivity index (χ1n) is 8.85. The summed E-state index contributed by atoms with van der Waals surface area (Å²) in [5.41, 5.74) is 1.36. The summed E-state index contributed by atoms with van der Waals surface area (Å²) in [6, 6.07) is 6.04. The van der Waals surface area contributed by atoms with Crippen molar-refractivity contribution in [3.05, 3.63) is 35.4 Å². The van der Waals surface area contributed by atoms with Crippen LogP contribution in [0.25, 0.3) is 0 Å². The van der Waals surface area contributed by atoms with E-state index in [1.807, 2.05) is 0 Å². The molecule has 0 fully saturated rings. The van der Waals surface area contributed by atoms with E-state index in [0.717, 1.165) is 18.5 Å². The predicted octanol–water partition coefficient (Wildman–Crippen LogP) is -0.513. The summed E-state index contributed by atoms with van der Waals surface area (Å²) in [4.78, 5) is 39.1. The number of carbonyl (C=O) groups excluding carboxylic acids is 2. The molecule has 0 saturated heterocycles. The number of carboxylic acids is 1. The van der Waals surface area contributed by atoms with Crippen molar-refractivity contribution in [1.29, 1.82) is 0 Å². The van der Waals surface area contributed by atoms with Gasteiger partial charge in [-0.3, -0.25) is 24.7 Å². The summed E-state index contributed by atoms with van der Waals surface area (Å²) in [5, 5.41) is 19.9. The van der Waals surface area contributed by atoms with Gasteiger partial charge in [0.15, 0.2) is 5.96 Å². The van der Waals surface area contributed by atoms with Crippen molar-refractivity contribution in [2.75, 3.05) is 26.7 Å². The molecule has 146 valence electrons. The minimum atomic E-state index is -1.03. The van der Waals surface area contributed by atoms with Crippen molar-refractivity contribution in [2.24, 2.45) is 4.99 Å². The zero-order chi connectivity index (χ0) is 19.6. The van der Waals surface area contributed by atoms with Gasteiger partial charge in [-0.1, -0.05) is 12.1 Å². The third-order valence-electron chi connectivity index (χ3n) is 4.13. The largest absolute Gasteiger partial charge is 0.480 e. The van der Waals surface area contributed by atoms with Gasteiger partial charge >= 0.3 is 5.97 Å². The highest BCUT2D eigenvalue weighted by molar-refractivity contribution is 5.97. The van der Waals surface area contributed by atoms with E-state index in [1.165, 1.54) is 7.05 Å². The maximum absolute atomic E-state index is 12.1. The summed E-state index contributed by atoms with van der Waals surface area (Å²) >= 11 is 0. The Morgan fingerprint density at radius 1 is 1.26 bits per heavy atom. The Morgan fingerprint density at radius 3 is 2.59 bits per heavy atom. The predicted molar refractivity (Wildman–Crippen MR) is 101 cm³/mol. The molecule has 0 spiro atoms. The van der Waals surface area contributed by atoms with Crippen molar-refractivity contribution in [2.45, 2.75) is 25.3 Å². The Kier molecular flexibility index (Phi) is 7.75. The highest BCUT2D eigenvalue weighted by atomic mass is 16.4. The number of aliphatic imine (C=N–C) groups is 1. The zero-order valence-electron chi connectivity index (χ0n) is 15.2. The molecule has 1 aliphatic heterocycles. The van der Waals surface area contributed by atoms with Crippen LogP contribution in [-0.2, 0) is 16.0 Å². The lowest BCUT2D eigenvalue weighted by molar-refractivity contribution is -0.139. The second kappa shape index (κ2) is 10.3. The molecule has 0 radical (unpaired) electrons. The average Bonchev–Trinajstić information content (AvgIpc) is 2.67. The van der Waals surface area contributed by atoms with Gasteiger partial charge in [0.2, 0.25) is 5.91 Å². The quantitative estimate of drug-likeness (QED) is 0.416. The molecule has 1 atom stereocenters. The zero-order valence-corrected chi connectivity index (χ0v) is 15.2. The number of likely N-dealkylation sites (N-methyl/N-ethyl adjacent to an activating group) is 1. The lowest BCUT2D eigenvalue weighted by atomic mass is 10.1. The molecule has 0 bridgehead atoms. The van der Waals surface area contributed by atoms with Crippen LogP contribution in [0.3, 0.4) is 0 Å². The number of nitrogens with zero attached hydrogens (tertiary/aromatic N) is 1. The minimum Gasteiger partial charge on any atom is -0.480 e. The van der Waals surface area contributed by atoms with Gasteiger partial charge in [0.25, 0.3) is 5.91 Å². The maximum atomic E-state index is 12.1. The van der Waals surface area contributed by atoms with Crippen LogP contribution < -0.4 is 21.3 Å². The van der Waals surface area contributed by atoms with Crippen LogP contribution in [0, 0.1) is 0 Å². The molecule has 0 saturated carbocycles. The Hall–Kier alpha value is -2.94. The fourth-order valence-corrected chi connectivity index (χ4v) is 2.50. The van der Waals surface area contributed by atoms with E-state index in [1.54, 1.807) is 24.3 Å². The molecule has 5 N–H and O–H groups in total. The first-order valence-corrected chi connectivity index (χ1v) is 8.85. The Labute approximate surface area is 157 Å². The Morgan fingerprint density at radius 2 is 2.00 bits per heavy atom. The molecule has 1 aromatic rings. The minimum absolute atomic E-state index is 0.00941. The molecule has 1 unspecified atom stereocenters. The Bertz CT molecular complexity index is 702. The first-order chi connectivity index (χ1) is 13.0. The van der Waals surface area contributed by atoms with Gasteiger partial charge < -0.3 is 21.1 Å². The van der Waals surface area contributed by atoms with Gasteiger partial charge in [0.05, 0.1) is 0 Å². The molecule has 2 rings (SSSR count). The van der Waals surface area contributed by atoms with Crippen LogP contribution in [-0.4, -0.2) is 61.6 Å². The number of guanidine groups is 1. The van der Waals surface area contributed by atoms with Crippen LogP contribution in [0.2, 0.25) is 0 Å². The van der Waals surface area contributed by atoms with Crippen LogP contribution in [0.1, 0.15) is 28.8 Å². The fourth-order valence-electron chi connectivity index (χ4n) is 2.50. The van der Waals surface area contributed by atoms with E-state index >= 15 is 0 Å². The molecule has 27 heavy (non-hydrogen) atoms. The number of rotatable bonds is 8. The van der Waals surface area contributed by atoms with E-state index in [4.69, 9.17) is 5.11 Å². The van der Waals surface area contributed by atoms with Crippen molar-refractivity contribution in [1.82, 2.24) is 21.3 Å². The number of amides is 2. The summed E-state index contributed by atoms with van der Waals surface area (Å²) < 4.78 is 0. The van der Waals surface area contributed by atoms with Gasteiger partial charge in [-0.25, -0.2) is 0 Å². The van der Waals surface area contributed by atoms with Crippen LogP contribution in [0.15, 0.2) is 29.3 Å². The van der Waals surface area contributed by atoms with Crippen LogP contribution >= 0.6 is 0 Å². The van der Waals surface area contributed by atoms with Gasteiger partial charge in [0.1, 0.15) is 6.04 Å². The number of aliphatic carboxylic acids is 1. The summed E-state index contributed by atoms with van der Waals surface area (Å²) in [6.45, 7) is 1.52. The standard InChI is InChI=1S/C18H25N5O4/c1-19-14(17(26)27)11-22-16(25)13-6-3-12(4-7-13)5-8-15(24)23-18-20-9-2-10-21-18/h3-4,6-7,14,19H,2,5,8-11H2,1H3,(H,22,25)(H,26,27)(H2,20,21,23,24). The third-order valence-corrected chi connectivity index (χ3v) is 4.13. The molecule has 9 heteroatoms. The second-order valence-corrected chi connectivity index (χ2v) is 6.15. The van der Waals surface area contributed by atoms with Gasteiger partial charge in [0, 0.05) is 31.6 Å². The van der Waals surface area contributed by atoms with Crippen molar-refractivity contribution in [3.8, 4) is 0 Å². The maximum Gasteiger partial charge on any atom is 0.322 e. The van der Waals surface area contributed by atoms with E-state index < -0.39 is 12.0 Å². The number of carboxylic acid groups (broad SMARTS) is 1. The highest BCUT2D eigenvalue weighted by Gasteiger charge is 2.16. The molecule has 9 nitrogen and oxygen atoms in total. The van der Waals surface area contributed by atoms with Gasteiger partial charge in [-0.05, 0) is 37.6 Å². The fraction of sp³-hybridized carbons (Fsp3) is 0.444. The van der Waals surface area contributed by atoms with Crippen LogP contribution in [0.4, 0.5) is 0 Å². The number of benzene rings is 1. The molecular weight excluding hydrogens is 350 g/mol. The molecule has 1 aromatic carbocycles. The molecule has 2 amide bonds. The average molecular weight is 375 g/mol. The summed E-state index contributed by atoms with van der Waals surface area (Å²) in [7, 11) is 1.52. The van der Waals surface area contributed by atoms with Crippen molar-refractivity contribution >= 4 is 23.7 Å². The van der Waals surface area contributed by atoms with Crippen molar-refractivity contribution in [3.63, 3.8) is 0 Å². The molecule has 1 aliphatic rings. The van der Waals surface area contributed by atoms with E-state index in [-0.39, 0.29) is 18.4 Å². The highest BCUT2D eigenvalue weighted by Crippen LogP contribution is 2.07. The van der Waals surface area contributed by atoms with E-state index in [0.29, 0.717) is 30.9 Å². The van der Waals surface area contributed by atoms with Crippen LogP contribution in [0.5, 0.6) is 0 Å². The molecular formula is C18H25N5O4. The molecule has 0 aromatic heterocycles. The Balaban J connectivity index is 1.78. The van der Waals surface area contributed by atoms with Gasteiger partial charge in [-0.2, -0.15) is 0 Å². The normalized spacial score (nSPS) is 14.5. The topological polar surface area (TPSA) is 132 Å². The third kappa shape index (κ3) is 6.70. The summed E-state index contributed by atoms with van der Waals surface area (Å²) in [6.07, 6.45) is 1.82. The lowest BCUT2D eigenvalue weighted by Gasteiger charge is -2.15. The number of aryl methyl sites for hydroxylation is 1. The molecule has 0 aliphatic carbocycles. The first kappa shape index (κ1) is 20.4. The van der Waals surface area contributed by atoms with Crippen molar-refractivity contribution < 1.29 is 19.5 Å². The number of carbonyl (C=O) groups is 3. The lowest BCUT2D eigenvalue weighted by Crippen LogP contribution is -2.44. The van der Waals surface area contributed by atoms with Gasteiger partial charge in [-0.15, -0.1) is 0 Å². The monoisotopic (exact) mass is 375 g/mol. The number of nitrogens with one attached hydrogen (secondary N) is 4. The SMILES string of the molecule is CNC(CNC(=O)c1ccc(CCC(=O)NC2=NCCCN2)cc1)C(=O)O. The second-order valence-electron chi connectivity index (χ2n) is 6.15. The number of hydrogen-bond acceptors (Lipinski definition) is 6. The number of hydrogen-bond donors (Lipinski definition) is 5.